The maximum Gasteiger partial charge on any atom is 0.264 e. The molecule has 0 saturated heterocycles. The normalized spacial score (nSPS) is 15.2. The van der Waals surface area contributed by atoms with E-state index in [0.29, 0.717) is 10.6 Å². The van der Waals surface area contributed by atoms with Crippen LogP contribution in [-0.2, 0) is 12.8 Å². The van der Waals surface area contributed by atoms with Crippen LogP contribution < -0.4 is 11.1 Å². The standard InChI is InChI=1S/C16H17N3OS/c1-3-9(2)18-15(20)14-13(17)11-8-10-6-4-5-7-12(10)19-16(11)21-14/h1,8-9H,4-7,17H2,2H3,(H,18,20). The third kappa shape index (κ3) is 2.47. The van der Waals surface area contributed by atoms with E-state index in [1.165, 1.54) is 29.7 Å². The predicted molar refractivity (Wildman–Crippen MR) is 86.4 cm³/mol. The van der Waals surface area contributed by atoms with Crippen molar-refractivity contribution in [2.24, 2.45) is 0 Å². The quantitative estimate of drug-likeness (QED) is 0.837. The van der Waals surface area contributed by atoms with Gasteiger partial charge in [0.15, 0.2) is 0 Å². The predicted octanol–water partition coefficient (Wildman–Crippen LogP) is 2.51. The number of hydrogen-bond acceptors (Lipinski definition) is 4. The first-order valence-corrected chi connectivity index (χ1v) is 7.89. The highest BCUT2D eigenvalue weighted by molar-refractivity contribution is 7.21. The topological polar surface area (TPSA) is 68.0 Å². The molecule has 1 atom stereocenters. The minimum atomic E-state index is -0.316. The Morgan fingerprint density at radius 1 is 1.52 bits per heavy atom. The minimum Gasteiger partial charge on any atom is -0.397 e. The molecule has 2 aromatic rings. The number of terminal acetylenes is 1. The summed E-state index contributed by atoms with van der Waals surface area (Å²) in [6.45, 7) is 1.76. The molecule has 4 nitrogen and oxygen atoms in total. The molecule has 5 heteroatoms. The number of fused-ring (bicyclic) bond motifs is 2. The van der Waals surface area contributed by atoms with Crippen LogP contribution in [0.15, 0.2) is 6.07 Å². The number of nitrogens with one attached hydrogen (secondary N) is 1. The van der Waals surface area contributed by atoms with Gasteiger partial charge in [-0.3, -0.25) is 4.79 Å². The Labute approximate surface area is 127 Å². The molecule has 1 unspecified atom stereocenters. The van der Waals surface area contributed by atoms with Gasteiger partial charge in [-0.15, -0.1) is 17.8 Å². The second kappa shape index (κ2) is 5.38. The summed E-state index contributed by atoms with van der Waals surface area (Å²) in [5.41, 5.74) is 9.08. The summed E-state index contributed by atoms with van der Waals surface area (Å²) in [5, 5.41) is 3.63. The summed E-state index contributed by atoms with van der Waals surface area (Å²) < 4.78 is 0. The van der Waals surface area contributed by atoms with Crippen molar-refractivity contribution in [2.75, 3.05) is 5.73 Å². The van der Waals surface area contributed by atoms with Gasteiger partial charge in [-0.2, -0.15) is 0 Å². The van der Waals surface area contributed by atoms with E-state index in [9.17, 15) is 4.79 Å². The van der Waals surface area contributed by atoms with Gasteiger partial charge in [-0.25, -0.2) is 4.98 Å². The summed E-state index contributed by atoms with van der Waals surface area (Å²) in [6, 6.07) is 1.78. The summed E-state index contributed by atoms with van der Waals surface area (Å²) in [4.78, 5) is 18.3. The molecule has 21 heavy (non-hydrogen) atoms. The smallest absolute Gasteiger partial charge is 0.264 e. The van der Waals surface area contributed by atoms with Crippen LogP contribution in [0.4, 0.5) is 5.69 Å². The molecule has 0 aromatic carbocycles. The van der Waals surface area contributed by atoms with Crippen LogP contribution in [-0.4, -0.2) is 16.9 Å². The molecule has 0 spiro atoms. The zero-order valence-electron chi connectivity index (χ0n) is 11.9. The Bertz CT molecular complexity index is 757. The fraction of sp³-hybridized carbons (Fsp3) is 0.375. The second-order valence-corrected chi connectivity index (χ2v) is 6.36. The van der Waals surface area contributed by atoms with E-state index >= 15 is 0 Å². The summed E-state index contributed by atoms with van der Waals surface area (Å²) >= 11 is 1.34. The number of amides is 1. The fourth-order valence-corrected chi connectivity index (χ4v) is 3.63. The molecule has 2 aromatic heterocycles. The first kappa shape index (κ1) is 13.9. The van der Waals surface area contributed by atoms with Gasteiger partial charge < -0.3 is 11.1 Å². The van der Waals surface area contributed by atoms with Gasteiger partial charge in [0.05, 0.1) is 11.7 Å². The summed E-state index contributed by atoms with van der Waals surface area (Å²) in [6.07, 6.45) is 9.72. The van der Waals surface area contributed by atoms with Crippen molar-refractivity contribution < 1.29 is 4.79 Å². The highest BCUT2D eigenvalue weighted by Gasteiger charge is 2.20. The molecule has 2 heterocycles. The number of anilines is 1. The van der Waals surface area contributed by atoms with Crippen LogP contribution in [0.25, 0.3) is 10.2 Å². The third-order valence-corrected chi connectivity index (χ3v) is 4.92. The Morgan fingerprint density at radius 3 is 3.05 bits per heavy atom. The lowest BCUT2D eigenvalue weighted by atomic mass is 9.95. The minimum absolute atomic E-state index is 0.223. The van der Waals surface area contributed by atoms with Crippen LogP contribution in [0.2, 0.25) is 0 Å². The van der Waals surface area contributed by atoms with Crippen molar-refractivity contribution in [3.05, 3.63) is 22.2 Å². The average molecular weight is 299 g/mol. The number of pyridine rings is 1. The number of hydrogen-bond donors (Lipinski definition) is 2. The molecule has 0 radical (unpaired) electrons. The molecule has 3 N–H and O–H groups in total. The average Bonchev–Trinajstić information content (AvgIpc) is 2.81. The van der Waals surface area contributed by atoms with Gasteiger partial charge in [-0.05, 0) is 44.2 Å². The Kier molecular flexibility index (Phi) is 3.56. The van der Waals surface area contributed by atoms with Crippen molar-refractivity contribution in [1.29, 1.82) is 0 Å². The van der Waals surface area contributed by atoms with Gasteiger partial charge in [0, 0.05) is 11.1 Å². The van der Waals surface area contributed by atoms with E-state index in [1.807, 2.05) is 0 Å². The number of carbonyl (C=O) groups excluding carboxylic acids is 1. The van der Waals surface area contributed by atoms with Crippen molar-refractivity contribution in [3.63, 3.8) is 0 Å². The SMILES string of the molecule is C#CC(C)NC(=O)c1sc2nc3c(cc2c1N)CCCC3. The lowest BCUT2D eigenvalue weighted by molar-refractivity contribution is 0.0953. The van der Waals surface area contributed by atoms with Gasteiger partial charge in [0.25, 0.3) is 5.91 Å². The van der Waals surface area contributed by atoms with Gasteiger partial charge in [-0.1, -0.05) is 5.92 Å². The highest BCUT2D eigenvalue weighted by atomic mass is 32.1. The van der Waals surface area contributed by atoms with Crippen molar-refractivity contribution >= 4 is 33.1 Å². The van der Waals surface area contributed by atoms with Crippen LogP contribution in [0, 0.1) is 12.3 Å². The van der Waals surface area contributed by atoms with E-state index in [1.54, 1.807) is 6.92 Å². The zero-order valence-corrected chi connectivity index (χ0v) is 12.7. The van der Waals surface area contributed by atoms with E-state index in [2.05, 4.69) is 17.3 Å². The zero-order chi connectivity index (χ0) is 15.0. The van der Waals surface area contributed by atoms with Crippen LogP contribution >= 0.6 is 11.3 Å². The Hall–Kier alpha value is -2.06. The van der Waals surface area contributed by atoms with Crippen LogP contribution in [0.3, 0.4) is 0 Å². The first-order chi connectivity index (χ1) is 10.1. The largest absolute Gasteiger partial charge is 0.397 e. The molecule has 1 aliphatic carbocycles. The van der Waals surface area contributed by atoms with Gasteiger partial charge in [0.2, 0.25) is 0 Å². The Balaban J connectivity index is 2.03. The molecule has 0 bridgehead atoms. The van der Waals surface area contributed by atoms with Crippen molar-refractivity contribution in [2.45, 2.75) is 38.6 Å². The van der Waals surface area contributed by atoms with E-state index < -0.39 is 0 Å². The van der Waals surface area contributed by atoms with Crippen LogP contribution in [0.5, 0.6) is 0 Å². The molecule has 1 aliphatic rings. The van der Waals surface area contributed by atoms with Crippen LogP contribution in [0.1, 0.15) is 40.7 Å². The number of aryl methyl sites for hydroxylation is 2. The number of nitrogens with two attached hydrogens (primary N) is 1. The highest BCUT2D eigenvalue weighted by Crippen LogP contribution is 2.35. The lowest BCUT2D eigenvalue weighted by Gasteiger charge is -2.14. The molecule has 0 fully saturated rings. The number of thiophene rings is 1. The number of nitrogen functional groups attached to an aromatic ring is 1. The third-order valence-electron chi connectivity index (χ3n) is 3.80. The maximum absolute atomic E-state index is 12.2. The number of aromatic nitrogens is 1. The maximum atomic E-state index is 12.2. The first-order valence-electron chi connectivity index (χ1n) is 7.08. The number of carbonyl (C=O) groups is 1. The van der Waals surface area contributed by atoms with Crippen molar-refractivity contribution in [1.82, 2.24) is 10.3 Å². The fourth-order valence-electron chi connectivity index (χ4n) is 2.63. The molecule has 3 rings (SSSR count). The monoisotopic (exact) mass is 299 g/mol. The van der Waals surface area contributed by atoms with Crippen molar-refractivity contribution in [3.8, 4) is 12.3 Å². The Morgan fingerprint density at radius 2 is 2.29 bits per heavy atom. The lowest BCUT2D eigenvalue weighted by Crippen LogP contribution is -2.31. The van der Waals surface area contributed by atoms with E-state index in [0.717, 1.165) is 28.8 Å². The molecule has 1 amide bonds. The molecular formula is C16H17N3OS. The summed E-state index contributed by atoms with van der Waals surface area (Å²) in [5.74, 6) is 2.26. The molecule has 0 saturated carbocycles. The number of nitrogens with zero attached hydrogens (tertiary/aromatic N) is 1. The van der Waals surface area contributed by atoms with E-state index in [-0.39, 0.29) is 11.9 Å². The van der Waals surface area contributed by atoms with Gasteiger partial charge >= 0.3 is 0 Å². The molecule has 0 aliphatic heterocycles. The molecular weight excluding hydrogens is 282 g/mol. The van der Waals surface area contributed by atoms with E-state index in [4.69, 9.17) is 17.1 Å². The molecule has 108 valence electrons. The number of rotatable bonds is 2. The second-order valence-electron chi connectivity index (χ2n) is 5.36. The summed E-state index contributed by atoms with van der Waals surface area (Å²) in [7, 11) is 0. The van der Waals surface area contributed by atoms with Gasteiger partial charge in [0.1, 0.15) is 9.71 Å².